The first-order valence-electron chi connectivity index (χ1n) is 12.8. The monoisotopic (exact) mass is 548 g/mol. The van der Waals surface area contributed by atoms with Gasteiger partial charge in [-0.3, -0.25) is 4.79 Å². The maximum Gasteiger partial charge on any atom is 0.514 e. The van der Waals surface area contributed by atoms with Gasteiger partial charge < -0.3 is 28.4 Å². The van der Waals surface area contributed by atoms with Crippen molar-refractivity contribution >= 4 is 30.0 Å². The molecule has 2 saturated heterocycles. The maximum absolute atomic E-state index is 12.0. The van der Waals surface area contributed by atoms with E-state index in [0.29, 0.717) is 56.5 Å². The minimum Gasteiger partial charge on any atom is -0.462 e. The molecule has 0 saturated carbocycles. The molecule has 2 fully saturated rings. The number of allylic oxidation sites excluding steroid dienone is 2. The summed E-state index contributed by atoms with van der Waals surface area (Å²) in [6.45, 7) is 7.05. The van der Waals surface area contributed by atoms with E-state index < -0.39 is 35.5 Å². The average Bonchev–Trinajstić information content (AvgIpc) is 3.26. The normalized spacial score (nSPS) is 19.7. The summed E-state index contributed by atoms with van der Waals surface area (Å²) in [5.41, 5.74) is -1.67. The van der Waals surface area contributed by atoms with Crippen LogP contribution in [0.2, 0.25) is 0 Å². The highest BCUT2D eigenvalue weighted by atomic mass is 16.8. The number of Topliss-reactive ketones (excluding diaryl/α,β-unsaturated/α-hetero) is 1. The minimum absolute atomic E-state index is 0.0547. The van der Waals surface area contributed by atoms with E-state index in [1.165, 1.54) is 12.2 Å². The quantitative estimate of drug-likeness (QED) is 0.116. The van der Waals surface area contributed by atoms with Gasteiger partial charge in [0.15, 0.2) is 22.7 Å². The summed E-state index contributed by atoms with van der Waals surface area (Å²) in [6, 6.07) is 0. The van der Waals surface area contributed by atoms with Crippen molar-refractivity contribution in [2.75, 3.05) is 13.2 Å². The first-order chi connectivity index (χ1) is 18.4. The second kappa shape index (κ2) is 14.9. The molecule has 0 N–H and O–H groups in total. The number of rotatable bonds is 15. The first kappa shape index (κ1) is 31.3. The van der Waals surface area contributed by atoms with E-state index in [2.05, 4.69) is 0 Å². The zero-order chi connectivity index (χ0) is 28.9. The third-order valence-electron chi connectivity index (χ3n) is 5.56. The molecular weight excluding hydrogens is 512 g/mol. The lowest BCUT2D eigenvalue weighted by molar-refractivity contribution is -0.138. The highest BCUT2D eigenvalue weighted by Crippen LogP contribution is 2.30. The Morgan fingerprint density at radius 2 is 1.15 bits per heavy atom. The SMILES string of the molecule is CC1(C)OC(=O)O/C1=C/CCOC(=O)/C=C/CCCC(=O)CC/C=C/C(=O)OCC/C=C1/OC(=O)OC1(C)C. The van der Waals surface area contributed by atoms with Gasteiger partial charge in [0.1, 0.15) is 5.78 Å². The Morgan fingerprint density at radius 1 is 0.692 bits per heavy atom. The van der Waals surface area contributed by atoms with Crippen molar-refractivity contribution in [2.24, 2.45) is 0 Å². The summed E-state index contributed by atoms with van der Waals surface area (Å²) in [4.78, 5) is 57.8. The molecule has 0 atom stereocenters. The lowest BCUT2D eigenvalue weighted by Crippen LogP contribution is -2.20. The summed E-state index contributed by atoms with van der Waals surface area (Å²) in [5, 5.41) is 0. The van der Waals surface area contributed by atoms with Crippen LogP contribution < -0.4 is 0 Å². The molecule has 0 amide bonds. The fourth-order valence-electron chi connectivity index (χ4n) is 3.50. The second-order valence-electron chi connectivity index (χ2n) is 9.75. The fourth-order valence-corrected chi connectivity index (χ4v) is 3.50. The maximum atomic E-state index is 12.0. The summed E-state index contributed by atoms with van der Waals surface area (Å²) in [6.07, 6.45) is 10.6. The van der Waals surface area contributed by atoms with Crippen LogP contribution >= 0.6 is 0 Å². The van der Waals surface area contributed by atoms with Gasteiger partial charge in [-0.2, -0.15) is 0 Å². The van der Waals surface area contributed by atoms with Crippen LogP contribution in [0.15, 0.2) is 48.0 Å². The van der Waals surface area contributed by atoms with Crippen LogP contribution in [0.4, 0.5) is 9.59 Å². The molecule has 2 rings (SSSR count). The van der Waals surface area contributed by atoms with Gasteiger partial charge in [0.2, 0.25) is 0 Å². The van der Waals surface area contributed by atoms with Crippen LogP contribution in [0.25, 0.3) is 0 Å². The van der Waals surface area contributed by atoms with Gasteiger partial charge in [0.25, 0.3) is 0 Å². The van der Waals surface area contributed by atoms with E-state index in [-0.39, 0.29) is 19.0 Å². The predicted octanol–water partition coefficient (Wildman–Crippen LogP) is 5.14. The van der Waals surface area contributed by atoms with E-state index in [9.17, 15) is 24.0 Å². The fraction of sp³-hybridized carbons (Fsp3) is 0.536. The van der Waals surface area contributed by atoms with Crippen LogP contribution in [0.1, 0.15) is 72.6 Å². The standard InChI is InChI=1S/C28H36O11/c1-27(2)21(36-25(32)38-27)14-10-18-34-23(30)16-7-5-6-12-20(29)13-8-9-17-24(31)35-19-11-15-22-28(3,4)39-26(33)37-22/h7,9,14-17H,5-6,8,10-13,18-19H2,1-4H3/b16-7+,17-9+,21-14+,22-15+. The van der Waals surface area contributed by atoms with Crippen molar-refractivity contribution in [1.29, 1.82) is 0 Å². The van der Waals surface area contributed by atoms with Crippen molar-refractivity contribution in [3.63, 3.8) is 0 Å². The van der Waals surface area contributed by atoms with Gasteiger partial charge in [0, 0.05) is 37.8 Å². The van der Waals surface area contributed by atoms with Crippen molar-refractivity contribution in [1.82, 2.24) is 0 Å². The average molecular weight is 549 g/mol. The molecule has 0 aliphatic carbocycles. The van der Waals surface area contributed by atoms with Gasteiger partial charge in [-0.1, -0.05) is 12.2 Å². The molecule has 0 spiro atoms. The molecule has 0 radical (unpaired) electrons. The molecule has 2 aliphatic heterocycles. The van der Waals surface area contributed by atoms with Gasteiger partial charge in [0.05, 0.1) is 13.2 Å². The third-order valence-corrected chi connectivity index (χ3v) is 5.56. The molecule has 0 bridgehead atoms. The van der Waals surface area contributed by atoms with Crippen molar-refractivity contribution < 1.29 is 52.4 Å². The number of ketones is 1. The molecule has 0 aromatic rings. The molecule has 214 valence electrons. The Kier molecular flexibility index (Phi) is 12.0. The minimum atomic E-state index is -0.835. The van der Waals surface area contributed by atoms with E-state index in [4.69, 9.17) is 28.4 Å². The van der Waals surface area contributed by atoms with Gasteiger partial charge in [-0.05, 0) is 59.1 Å². The molecule has 0 aromatic carbocycles. The zero-order valence-electron chi connectivity index (χ0n) is 22.8. The van der Waals surface area contributed by atoms with E-state index in [0.717, 1.165) is 0 Å². The molecule has 2 aliphatic rings. The highest BCUT2D eigenvalue weighted by Gasteiger charge is 2.39. The molecule has 39 heavy (non-hydrogen) atoms. The third kappa shape index (κ3) is 11.6. The summed E-state index contributed by atoms with van der Waals surface area (Å²) in [7, 11) is 0. The Bertz CT molecular complexity index is 1040. The lowest BCUT2D eigenvalue weighted by Gasteiger charge is -2.13. The number of carbonyl (C=O) groups excluding carboxylic acids is 5. The van der Waals surface area contributed by atoms with Crippen LogP contribution in [0.3, 0.4) is 0 Å². The number of hydrogen-bond donors (Lipinski definition) is 0. The Hall–Kier alpha value is -3.89. The van der Waals surface area contributed by atoms with Gasteiger partial charge in [-0.15, -0.1) is 0 Å². The van der Waals surface area contributed by atoms with Crippen LogP contribution in [-0.2, 0) is 42.8 Å². The summed E-state index contributed by atoms with van der Waals surface area (Å²) >= 11 is 0. The smallest absolute Gasteiger partial charge is 0.462 e. The van der Waals surface area contributed by atoms with E-state index >= 15 is 0 Å². The first-order valence-corrected chi connectivity index (χ1v) is 12.8. The number of unbranched alkanes of at least 4 members (excludes halogenated alkanes) is 1. The van der Waals surface area contributed by atoms with E-state index in [1.54, 1.807) is 52.0 Å². The van der Waals surface area contributed by atoms with Crippen LogP contribution in [0, 0.1) is 0 Å². The Labute approximate surface area is 227 Å². The predicted molar refractivity (Wildman–Crippen MR) is 137 cm³/mol. The van der Waals surface area contributed by atoms with Crippen LogP contribution in [0.5, 0.6) is 0 Å². The Balaban J connectivity index is 1.49. The number of esters is 2. The summed E-state index contributed by atoms with van der Waals surface area (Å²) < 4.78 is 30.1. The number of cyclic esters (lactones) is 4. The molecule has 11 heteroatoms. The zero-order valence-corrected chi connectivity index (χ0v) is 22.8. The van der Waals surface area contributed by atoms with Gasteiger partial charge in [-0.25, -0.2) is 19.2 Å². The molecule has 11 nitrogen and oxygen atoms in total. The lowest BCUT2D eigenvalue weighted by atomic mass is 10.1. The van der Waals surface area contributed by atoms with E-state index in [1.807, 2.05) is 0 Å². The van der Waals surface area contributed by atoms with Crippen LogP contribution in [-0.4, -0.2) is 54.4 Å². The second-order valence-corrected chi connectivity index (χ2v) is 9.75. The molecular formula is C28H36O11. The van der Waals surface area contributed by atoms with Crippen molar-refractivity contribution in [2.45, 2.75) is 83.8 Å². The number of carbonyl (C=O) groups is 5. The summed E-state index contributed by atoms with van der Waals surface area (Å²) in [5.74, 6) is -0.189. The molecule has 0 unspecified atom stereocenters. The number of ether oxygens (including phenoxy) is 6. The topological polar surface area (TPSA) is 141 Å². The van der Waals surface area contributed by atoms with Crippen molar-refractivity contribution in [3.05, 3.63) is 48.0 Å². The van der Waals surface area contributed by atoms with Gasteiger partial charge >= 0.3 is 24.2 Å². The molecule has 2 heterocycles. The highest BCUT2D eigenvalue weighted by molar-refractivity contribution is 5.82. The Morgan fingerprint density at radius 3 is 1.59 bits per heavy atom. The molecule has 0 aromatic heterocycles. The van der Waals surface area contributed by atoms with Crippen molar-refractivity contribution in [3.8, 4) is 0 Å². The largest absolute Gasteiger partial charge is 0.514 e. The number of hydrogen-bond acceptors (Lipinski definition) is 11.